The van der Waals surface area contributed by atoms with Gasteiger partial charge in [0.25, 0.3) is 0 Å². The average molecular weight is 371 g/mol. The second-order valence-electron chi connectivity index (χ2n) is 6.97. The number of para-hydroxylation sites is 2. The maximum absolute atomic E-state index is 10.6. The minimum absolute atomic E-state index is 0.234. The lowest BCUT2D eigenvalue weighted by atomic mass is 10.1. The lowest BCUT2D eigenvalue weighted by Gasteiger charge is -2.18. The minimum Gasteiger partial charge on any atom is -0.491 e. The van der Waals surface area contributed by atoms with E-state index in [4.69, 9.17) is 21.3 Å². The summed E-state index contributed by atoms with van der Waals surface area (Å²) in [6, 6.07) is 15.3. The Hall–Kier alpha value is -2.04. The summed E-state index contributed by atoms with van der Waals surface area (Å²) in [5, 5.41) is 11.2. The summed E-state index contributed by atoms with van der Waals surface area (Å²) in [6.45, 7) is 0.720. The van der Waals surface area contributed by atoms with E-state index in [0.717, 1.165) is 16.9 Å². The molecule has 1 unspecified atom stereocenters. The molecule has 0 aliphatic heterocycles. The van der Waals surface area contributed by atoms with Crippen LogP contribution in [-0.2, 0) is 6.54 Å². The van der Waals surface area contributed by atoms with Crippen LogP contribution in [0.25, 0.3) is 11.0 Å². The van der Waals surface area contributed by atoms with E-state index in [-0.39, 0.29) is 6.61 Å². The van der Waals surface area contributed by atoms with Crippen LogP contribution in [0.5, 0.6) is 5.75 Å². The first-order valence-electron chi connectivity index (χ1n) is 9.22. The summed E-state index contributed by atoms with van der Waals surface area (Å²) in [5.41, 5.74) is 2.08. The Morgan fingerprint density at radius 3 is 2.62 bits per heavy atom. The molecule has 0 amide bonds. The molecule has 3 aromatic rings. The zero-order valence-corrected chi connectivity index (χ0v) is 15.4. The quantitative estimate of drug-likeness (QED) is 0.678. The second-order valence-corrected chi connectivity index (χ2v) is 7.41. The van der Waals surface area contributed by atoms with Crippen molar-refractivity contribution in [2.75, 3.05) is 6.61 Å². The molecule has 136 valence electrons. The number of halogens is 1. The van der Waals surface area contributed by atoms with Crippen LogP contribution in [0.4, 0.5) is 0 Å². The molecule has 1 atom stereocenters. The fourth-order valence-corrected chi connectivity index (χ4v) is 3.89. The molecule has 1 aliphatic carbocycles. The van der Waals surface area contributed by atoms with Crippen LogP contribution in [0.2, 0.25) is 5.02 Å². The van der Waals surface area contributed by atoms with Gasteiger partial charge in [-0.2, -0.15) is 0 Å². The molecular formula is C21H23ClN2O2. The topological polar surface area (TPSA) is 47.3 Å². The lowest BCUT2D eigenvalue weighted by Crippen LogP contribution is -2.25. The van der Waals surface area contributed by atoms with Gasteiger partial charge in [0.15, 0.2) is 0 Å². The van der Waals surface area contributed by atoms with E-state index < -0.39 is 6.10 Å². The van der Waals surface area contributed by atoms with Gasteiger partial charge < -0.3 is 14.4 Å². The van der Waals surface area contributed by atoms with Gasteiger partial charge in [-0.3, -0.25) is 0 Å². The molecule has 26 heavy (non-hydrogen) atoms. The third-order valence-corrected chi connectivity index (χ3v) is 5.31. The van der Waals surface area contributed by atoms with Gasteiger partial charge in [-0.05, 0) is 49.2 Å². The molecule has 1 saturated carbocycles. The summed E-state index contributed by atoms with van der Waals surface area (Å²) in [5.74, 6) is 2.31. The van der Waals surface area contributed by atoms with Crippen LogP contribution in [0.15, 0.2) is 48.5 Å². The summed E-state index contributed by atoms with van der Waals surface area (Å²) < 4.78 is 7.89. The number of nitrogens with zero attached hydrogens (tertiary/aromatic N) is 2. The normalized spacial score (nSPS) is 16.2. The first-order valence-corrected chi connectivity index (χ1v) is 9.60. The molecule has 1 N–H and O–H groups in total. The molecular weight excluding hydrogens is 348 g/mol. The zero-order chi connectivity index (χ0) is 17.9. The minimum atomic E-state index is -0.608. The monoisotopic (exact) mass is 370 g/mol. The Balaban J connectivity index is 1.51. The highest BCUT2D eigenvalue weighted by Gasteiger charge is 2.24. The fraction of sp³-hybridized carbons (Fsp3) is 0.381. The number of hydrogen-bond acceptors (Lipinski definition) is 3. The van der Waals surface area contributed by atoms with Crippen molar-refractivity contribution in [1.29, 1.82) is 0 Å². The van der Waals surface area contributed by atoms with Gasteiger partial charge in [0, 0.05) is 10.9 Å². The molecule has 1 aliphatic rings. The van der Waals surface area contributed by atoms with E-state index in [0.29, 0.717) is 23.2 Å². The van der Waals surface area contributed by atoms with Gasteiger partial charge in [-0.1, -0.05) is 36.6 Å². The molecule has 5 heteroatoms. The molecule has 4 nitrogen and oxygen atoms in total. The van der Waals surface area contributed by atoms with Gasteiger partial charge in [0.2, 0.25) is 0 Å². The first-order chi connectivity index (χ1) is 12.7. The maximum atomic E-state index is 10.6. The SMILES string of the molecule is OC(COc1ccc(Cl)cc1)Cn1c(C2CCCC2)nc2ccccc21. The van der Waals surface area contributed by atoms with E-state index in [1.165, 1.54) is 25.7 Å². The molecule has 1 heterocycles. The van der Waals surface area contributed by atoms with Crippen molar-refractivity contribution in [1.82, 2.24) is 9.55 Å². The molecule has 2 aromatic carbocycles. The molecule has 0 spiro atoms. The van der Waals surface area contributed by atoms with Crippen molar-refractivity contribution in [3.8, 4) is 5.75 Å². The second kappa shape index (κ2) is 7.68. The first kappa shape index (κ1) is 17.4. The van der Waals surface area contributed by atoms with E-state index in [9.17, 15) is 5.11 Å². The number of aliphatic hydroxyl groups is 1. The summed E-state index contributed by atoms with van der Waals surface area (Å²) >= 11 is 5.89. The molecule has 0 saturated heterocycles. The summed E-state index contributed by atoms with van der Waals surface area (Å²) in [6.07, 6.45) is 4.27. The average Bonchev–Trinajstić information content (AvgIpc) is 3.30. The standard InChI is InChI=1S/C21H23ClN2O2/c22-16-9-11-18(12-10-16)26-14-17(25)13-24-20-8-4-3-7-19(20)23-21(24)15-5-1-2-6-15/h3-4,7-12,15,17,25H,1-2,5-6,13-14H2. The highest BCUT2D eigenvalue weighted by Crippen LogP contribution is 2.35. The largest absolute Gasteiger partial charge is 0.491 e. The molecule has 1 fully saturated rings. The van der Waals surface area contributed by atoms with Gasteiger partial charge in [-0.25, -0.2) is 4.98 Å². The van der Waals surface area contributed by atoms with Crippen molar-refractivity contribution in [2.45, 2.75) is 44.2 Å². The van der Waals surface area contributed by atoms with Crippen LogP contribution in [0, 0.1) is 0 Å². The van der Waals surface area contributed by atoms with Crippen LogP contribution in [0.1, 0.15) is 37.4 Å². The number of benzene rings is 2. The van der Waals surface area contributed by atoms with Crippen molar-refractivity contribution in [3.63, 3.8) is 0 Å². The van der Waals surface area contributed by atoms with E-state index >= 15 is 0 Å². The molecule has 0 radical (unpaired) electrons. The zero-order valence-electron chi connectivity index (χ0n) is 14.6. The van der Waals surface area contributed by atoms with Gasteiger partial charge >= 0.3 is 0 Å². The lowest BCUT2D eigenvalue weighted by molar-refractivity contribution is 0.0924. The van der Waals surface area contributed by atoms with E-state index in [1.807, 2.05) is 30.3 Å². The molecule has 1 aromatic heterocycles. The summed E-state index contributed by atoms with van der Waals surface area (Å²) in [4.78, 5) is 4.87. The highest BCUT2D eigenvalue weighted by atomic mass is 35.5. The molecule has 4 rings (SSSR count). The maximum Gasteiger partial charge on any atom is 0.119 e. The number of imidazole rings is 1. The Bertz CT molecular complexity index is 869. The summed E-state index contributed by atoms with van der Waals surface area (Å²) in [7, 11) is 0. The third kappa shape index (κ3) is 3.71. The van der Waals surface area contributed by atoms with E-state index in [2.05, 4.69) is 10.6 Å². The van der Waals surface area contributed by atoms with Gasteiger partial charge in [-0.15, -0.1) is 0 Å². The highest BCUT2D eigenvalue weighted by molar-refractivity contribution is 6.30. The van der Waals surface area contributed by atoms with Crippen molar-refractivity contribution >= 4 is 22.6 Å². The number of fused-ring (bicyclic) bond motifs is 1. The number of rotatable bonds is 6. The Morgan fingerprint density at radius 1 is 1.12 bits per heavy atom. The Kier molecular flexibility index (Phi) is 5.14. The Labute approximate surface area is 158 Å². The van der Waals surface area contributed by atoms with Gasteiger partial charge in [0.05, 0.1) is 17.6 Å². The number of aromatic nitrogens is 2. The number of aliphatic hydroxyl groups excluding tert-OH is 1. The predicted molar refractivity (Wildman–Crippen MR) is 104 cm³/mol. The fourth-order valence-electron chi connectivity index (χ4n) is 3.77. The van der Waals surface area contributed by atoms with Crippen molar-refractivity contribution in [2.24, 2.45) is 0 Å². The van der Waals surface area contributed by atoms with Gasteiger partial charge in [0.1, 0.15) is 24.3 Å². The van der Waals surface area contributed by atoms with Crippen LogP contribution in [-0.4, -0.2) is 27.4 Å². The number of ether oxygens (including phenoxy) is 1. The Morgan fingerprint density at radius 2 is 1.85 bits per heavy atom. The van der Waals surface area contributed by atoms with Crippen LogP contribution in [0.3, 0.4) is 0 Å². The van der Waals surface area contributed by atoms with E-state index in [1.54, 1.807) is 12.1 Å². The molecule has 0 bridgehead atoms. The third-order valence-electron chi connectivity index (χ3n) is 5.05. The van der Waals surface area contributed by atoms with Crippen molar-refractivity contribution in [3.05, 3.63) is 59.4 Å². The van der Waals surface area contributed by atoms with Crippen LogP contribution >= 0.6 is 11.6 Å². The van der Waals surface area contributed by atoms with Crippen molar-refractivity contribution < 1.29 is 9.84 Å². The predicted octanol–water partition coefficient (Wildman–Crippen LogP) is 4.79. The number of hydrogen-bond donors (Lipinski definition) is 1. The van der Waals surface area contributed by atoms with Crippen LogP contribution < -0.4 is 4.74 Å². The smallest absolute Gasteiger partial charge is 0.119 e.